The first-order valence-corrected chi connectivity index (χ1v) is 10.1. The highest BCUT2D eigenvalue weighted by atomic mass is 35.5. The molecule has 0 aliphatic heterocycles. The summed E-state index contributed by atoms with van der Waals surface area (Å²) in [6.07, 6.45) is 0.237. The normalized spacial score (nSPS) is 10.5. The Bertz CT molecular complexity index is 1070. The quantitative estimate of drug-likeness (QED) is 0.531. The fourth-order valence-corrected chi connectivity index (χ4v) is 3.29. The molecule has 3 aromatic rings. The Balaban J connectivity index is 1.87. The van der Waals surface area contributed by atoms with Crippen LogP contribution in [0.2, 0.25) is 5.02 Å². The highest BCUT2D eigenvalue weighted by molar-refractivity contribution is 6.31. The van der Waals surface area contributed by atoms with Crippen molar-refractivity contribution < 1.29 is 9.53 Å². The molecule has 3 rings (SSSR count). The second-order valence-corrected chi connectivity index (χ2v) is 7.11. The molecule has 2 aromatic carbocycles. The zero-order valence-corrected chi connectivity index (χ0v) is 18.0. The first-order chi connectivity index (χ1) is 14.5. The average Bonchev–Trinajstić information content (AvgIpc) is 3.02. The number of hydrogen-bond donors (Lipinski definition) is 0. The molecule has 1 amide bonds. The molecule has 0 N–H and O–H groups in total. The predicted octanol–water partition coefficient (Wildman–Crippen LogP) is 5.10. The Morgan fingerprint density at radius 2 is 1.83 bits per heavy atom. The van der Waals surface area contributed by atoms with E-state index in [1.54, 1.807) is 21.7 Å². The van der Waals surface area contributed by atoms with Gasteiger partial charge in [0, 0.05) is 17.8 Å². The van der Waals surface area contributed by atoms with Gasteiger partial charge in [0.25, 0.3) is 5.91 Å². The van der Waals surface area contributed by atoms with Crippen molar-refractivity contribution in [1.82, 2.24) is 9.78 Å². The number of nitriles is 1. The summed E-state index contributed by atoms with van der Waals surface area (Å²) in [7, 11) is 0. The lowest BCUT2D eigenvalue weighted by atomic mass is 10.1. The minimum absolute atomic E-state index is 0.174. The van der Waals surface area contributed by atoms with Crippen molar-refractivity contribution in [2.24, 2.45) is 0 Å². The molecule has 1 heterocycles. The summed E-state index contributed by atoms with van der Waals surface area (Å²) in [5.74, 6) is 0.564. The van der Waals surface area contributed by atoms with Crippen molar-refractivity contribution in [1.29, 1.82) is 5.26 Å². The maximum Gasteiger partial charge on any atom is 0.258 e. The summed E-state index contributed by atoms with van der Waals surface area (Å²) in [5.41, 5.74) is 3.67. The fraction of sp³-hybridized carbons (Fsp3) is 0.261. The minimum Gasteiger partial charge on any atom is -0.494 e. The molecule has 0 spiro atoms. The largest absolute Gasteiger partial charge is 0.494 e. The summed E-state index contributed by atoms with van der Waals surface area (Å²) in [6, 6.07) is 16.6. The molecule has 154 valence electrons. The van der Waals surface area contributed by atoms with Crippen molar-refractivity contribution in [2.75, 3.05) is 18.1 Å². The number of hydrogen-bond acceptors (Lipinski definition) is 4. The number of carbonyl (C=O) groups excluding carboxylic acids is 1. The van der Waals surface area contributed by atoms with Crippen LogP contribution in [0.5, 0.6) is 5.75 Å². The lowest BCUT2D eigenvalue weighted by Gasteiger charge is -2.22. The van der Waals surface area contributed by atoms with Crippen LogP contribution in [0.3, 0.4) is 0 Å². The molecule has 0 fully saturated rings. The van der Waals surface area contributed by atoms with Crippen molar-refractivity contribution in [3.63, 3.8) is 0 Å². The van der Waals surface area contributed by atoms with Crippen molar-refractivity contribution in [3.05, 3.63) is 70.5 Å². The summed E-state index contributed by atoms with van der Waals surface area (Å²) < 4.78 is 7.22. The molecule has 0 saturated carbocycles. The van der Waals surface area contributed by atoms with Gasteiger partial charge in [0.1, 0.15) is 5.75 Å². The second kappa shape index (κ2) is 9.47. The molecule has 7 heteroatoms. The summed E-state index contributed by atoms with van der Waals surface area (Å²) >= 11 is 6.24. The Kier molecular flexibility index (Phi) is 6.76. The van der Waals surface area contributed by atoms with Gasteiger partial charge in [0.15, 0.2) is 0 Å². The van der Waals surface area contributed by atoms with Gasteiger partial charge in [-0.2, -0.15) is 10.4 Å². The van der Waals surface area contributed by atoms with Crippen LogP contribution in [0.1, 0.15) is 35.1 Å². The Labute approximate surface area is 181 Å². The number of rotatable bonds is 7. The molecule has 30 heavy (non-hydrogen) atoms. The van der Waals surface area contributed by atoms with Gasteiger partial charge in [-0.3, -0.25) is 4.79 Å². The van der Waals surface area contributed by atoms with Gasteiger partial charge in [-0.1, -0.05) is 11.6 Å². The highest BCUT2D eigenvalue weighted by Gasteiger charge is 2.18. The molecule has 0 aliphatic carbocycles. The molecule has 0 unspecified atom stereocenters. The number of aryl methyl sites for hydroxylation is 1. The number of halogens is 1. The lowest BCUT2D eigenvalue weighted by molar-refractivity contribution is 0.0987. The van der Waals surface area contributed by atoms with E-state index in [0.717, 1.165) is 22.8 Å². The lowest BCUT2D eigenvalue weighted by Crippen LogP contribution is -2.31. The maximum absolute atomic E-state index is 13.2. The molecule has 1 aromatic heterocycles. The van der Waals surface area contributed by atoms with E-state index >= 15 is 0 Å². The van der Waals surface area contributed by atoms with Crippen LogP contribution in [0.15, 0.2) is 48.5 Å². The van der Waals surface area contributed by atoms with Crippen molar-refractivity contribution in [3.8, 4) is 17.5 Å². The van der Waals surface area contributed by atoms with E-state index in [0.29, 0.717) is 29.4 Å². The van der Waals surface area contributed by atoms with Gasteiger partial charge >= 0.3 is 0 Å². The average molecular weight is 423 g/mol. The summed E-state index contributed by atoms with van der Waals surface area (Å²) in [6.45, 7) is 6.55. The standard InChI is InChI=1S/C23H23ClN4O2/c1-4-30-21-12-10-19(11-13-21)27(15-5-14-25)23(29)18-6-8-20(9-7-18)28-17(3)22(24)16(2)26-28/h6-13H,4-5,15H2,1-3H3. The van der Waals surface area contributed by atoms with Gasteiger partial charge in [-0.05, 0) is 69.3 Å². The molecular formula is C23H23ClN4O2. The number of amides is 1. The van der Waals surface area contributed by atoms with Crippen LogP contribution >= 0.6 is 11.6 Å². The SMILES string of the molecule is CCOc1ccc(N(CCC#N)C(=O)c2ccc(-n3nc(C)c(Cl)c3C)cc2)cc1. The monoisotopic (exact) mass is 422 g/mol. The zero-order valence-electron chi connectivity index (χ0n) is 17.2. The van der Waals surface area contributed by atoms with E-state index < -0.39 is 0 Å². The molecule has 0 radical (unpaired) electrons. The van der Waals surface area contributed by atoms with E-state index in [9.17, 15) is 4.79 Å². The maximum atomic E-state index is 13.2. The Morgan fingerprint density at radius 3 is 2.37 bits per heavy atom. The Hall–Kier alpha value is -3.30. The Morgan fingerprint density at radius 1 is 1.17 bits per heavy atom. The van der Waals surface area contributed by atoms with Crippen LogP contribution in [-0.2, 0) is 0 Å². The van der Waals surface area contributed by atoms with Gasteiger partial charge in [-0.25, -0.2) is 4.68 Å². The summed E-state index contributed by atoms with van der Waals surface area (Å²) in [5, 5.41) is 14.1. The topological polar surface area (TPSA) is 71.2 Å². The van der Waals surface area contributed by atoms with E-state index in [1.165, 1.54) is 0 Å². The summed E-state index contributed by atoms with van der Waals surface area (Å²) in [4.78, 5) is 14.8. The van der Waals surface area contributed by atoms with Crippen LogP contribution in [0.4, 0.5) is 5.69 Å². The fourth-order valence-electron chi connectivity index (χ4n) is 3.17. The van der Waals surface area contributed by atoms with E-state index in [4.69, 9.17) is 21.6 Å². The molecular weight excluding hydrogens is 400 g/mol. The van der Waals surface area contributed by atoms with Gasteiger partial charge in [0.05, 0.1) is 41.2 Å². The molecule has 0 aliphatic rings. The predicted molar refractivity (Wildman–Crippen MR) is 118 cm³/mol. The van der Waals surface area contributed by atoms with Crippen LogP contribution in [0, 0.1) is 25.2 Å². The number of benzene rings is 2. The molecule has 0 bridgehead atoms. The molecule has 6 nitrogen and oxygen atoms in total. The number of ether oxygens (including phenoxy) is 1. The molecule has 0 atom stereocenters. The third-order valence-corrected chi connectivity index (χ3v) is 5.26. The van der Waals surface area contributed by atoms with Gasteiger partial charge < -0.3 is 9.64 Å². The number of carbonyl (C=O) groups is 1. The second-order valence-electron chi connectivity index (χ2n) is 6.74. The van der Waals surface area contributed by atoms with E-state index in [1.807, 2.05) is 57.2 Å². The van der Waals surface area contributed by atoms with E-state index in [-0.39, 0.29) is 12.3 Å². The van der Waals surface area contributed by atoms with Crippen LogP contribution in [0.25, 0.3) is 5.69 Å². The number of aromatic nitrogens is 2. The first-order valence-electron chi connectivity index (χ1n) is 9.70. The third kappa shape index (κ3) is 4.47. The minimum atomic E-state index is -0.174. The smallest absolute Gasteiger partial charge is 0.258 e. The van der Waals surface area contributed by atoms with Crippen LogP contribution < -0.4 is 9.64 Å². The third-order valence-electron chi connectivity index (χ3n) is 4.71. The van der Waals surface area contributed by atoms with Crippen LogP contribution in [-0.4, -0.2) is 28.8 Å². The van der Waals surface area contributed by atoms with Gasteiger partial charge in [0.2, 0.25) is 0 Å². The van der Waals surface area contributed by atoms with E-state index in [2.05, 4.69) is 11.2 Å². The van der Waals surface area contributed by atoms with Crippen molar-refractivity contribution in [2.45, 2.75) is 27.2 Å². The number of anilines is 1. The van der Waals surface area contributed by atoms with Gasteiger partial charge in [-0.15, -0.1) is 0 Å². The number of nitrogens with zero attached hydrogens (tertiary/aromatic N) is 4. The first kappa shape index (κ1) is 21.4. The molecule has 0 saturated heterocycles. The highest BCUT2D eigenvalue weighted by Crippen LogP contribution is 2.24. The zero-order chi connectivity index (χ0) is 21.7. The van der Waals surface area contributed by atoms with Crippen molar-refractivity contribution >= 4 is 23.2 Å².